The van der Waals surface area contributed by atoms with Crippen molar-refractivity contribution in [1.29, 1.82) is 0 Å². The number of aryl methyl sites for hydroxylation is 1. The standard InChI is InChI=1S/C62H82FN9O7/c1-37(33-44-21-14-17-25-48(44)63)71(58(77)51-47-24-16-13-20-42(47)31-32-70(51)59(78)52(61(4,5)6)68-54(73)38(2)64-10)35-40-27-29-43(30-28-40)56(75)66-45-34-50(57(76)67-49-26-18-22-41-19-12-15-23-46(41)49)72(36-45)60(79)53(62(7,8)9)69-55(74)39(3)65-11/h12-17,19-21,23-25,27-30,37-39,45,49-53,64-65H,18,22,26,31-36H2,1-11H3,(H,66,75)(H,67,76)(H,68,73)(H,69,74)/t37-,38+,39+,45?,49?,50+,51+,52-,53-/m1/s1. The van der Waals surface area contributed by atoms with E-state index in [1.54, 1.807) is 80.2 Å². The lowest BCUT2D eigenvalue weighted by Gasteiger charge is -2.43. The molecule has 2 heterocycles. The molecule has 0 saturated carbocycles. The average molecular weight is 1080 g/mol. The highest BCUT2D eigenvalue weighted by molar-refractivity contribution is 5.97. The van der Waals surface area contributed by atoms with Crippen molar-refractivity contribution in [2.75, 3.05) is 27.2 Å². The number of likely N-dealkylation sites (N-methyl/N-ethyl adjacent to an activating group) is 2. The largest absolute Gasteiger partial charge is 0.347 e. The van der Waals surface area contributed by atoms with Crippen molar-refractivity contribution in [3.63, 3.8) is 0 Å². The number of hydrogen-bond donors (Lipinski definition) is 6. The molecule has 4 aromatic carbocycles. The summed E-state index contributed by atoms with van der Waals surface area (Å²) in [6.07, 6.45) is 3.32. The highest BCUT2D eigenvalue weighted by Gasteiger charge is 2.47. The molecule has 0 bridgehead atoms. The summed E-state index contributed by atoms with van der Waals surface area (Å²) in [6.45, 7) is 16.7. The van der Waals surface area contributed by atoms with Crippen LogP contribution in [0, 0.1) is 16.6 Å². The lowest BCUT2D eigenvalue weighted by molar-refractivity contribution is -0.152. The predicted molar refractivity (Wildman–Crippen MR) is 303 cm³/mol. The molecule has 1 aliphatic carbocycles. The Balaban J connectivity index is 1.15. The van der Waals surface area contributed by atoms with Crippen LogP contribution in [0.25, 0.3) is 0 Å². The highest BCUT2D eigenvalue weighted by atomic mass is 19.1. The first-order valence-corrected chi connectivity index (χ1v) is 27.9. The van der Waals surface area contributed by atoms with Gasteiger partial charge in [0, 0.05) is 37.3 Å². The lowest BCUT2D eigenvalue weighted by atomic mass is 9.83. The first-order chi connectivity index (χ1) is 37.4. The minimum Gasteiger partial charge on any atom is -0.347 e. The van der Waals surface area contributed by atoms with Gasteiger partial charge in [-0.3, -0.25) is 33.6 Å². The molecule has 7 rings (SSSR count). The Hall–Kier alpha value is -6.98. The Bertz CT molecular complexity index is 2860. The maximum atomic E-state index is 15.6. The maximum Gasteiger partial charge on any atom is 0.251 e. The van der Waals surface area contributed by atoms with E-state index in [9.17, 15) is 28.8 Å². The van der Waals surface area contributed by atoms with Crippen molar-refractivity contribution < 1.29 is 38.0 Å². The molecule has 2 unspecified atom stereocenters. The molecule has 3 aliphatic rings. The Kier molecular flexibility index (Phi) is 19.2. The molecular formula is C62H82FN9O7. The molecule has 16 nitrogen and oxygen atoms in total. The smallest absolute Gasteiger partial charge is 0.251 e. The lowest BCUT2D eigenvalue weighted by Crippen LogP contribution is -2.60. The molecule has 9 atom stereocenters. The van der Waals surface area contributed by atoms with Gasteiger partial charge in [-0.1, -0.05) is 120 Å². The number of carbonyl (C=O) groups excluding carboxylic acids is 7. The van der Waals surface area contributed by atoms with Crippen LogP contribution in [-0.4, -0.2) is 126 Å². The number of benzene rings is 4. The number of amides is 7. The van der Waals surface area contributed by atoms with Gasteiger partial charge < -0.3 is 46.6 Å². The number of nitrogens with one attached hydrogen (secondary N) is 6. The molecule has 1 fully saturated rings. The highest BCUT2D eigenvalue weighted by Crippen LogP contribution is 2.36. The van der Waals surface area contributed by atoms with Gasteiger partial charge in [0.25, 0.3) is 11.8 Å². The number of likely N-dealkylation sites (tertiary alicyclic amines) is 1. The van der Waals surface area contributed by atoms with Crippen LogP contribution in [0.2, 0.25) is 0 Å². The van der Waals surface area contributed by atoms with Gasteiger partial charge in [-0.2, -0.15) is 0 Å². The van der Waals surface area contributed by atoms with E-state index in [-0.39, 0.29) is 62.1 Å². The molecule has 424 valence electrons. The Morgan fingerprint density at radius 2 is 1.22 bits per heavy atom. The van der Waals surface area contributed by atoms with Crippen LogP contribution in [0.3, 0.4) is 0 Å². The molecular weight excluding hydrogens is 1000 g/mol. The first kappa shape index (κ1) is 59.7. The molecule has 1 saturated heterocycles. The summed E-state index contributed by atoms with van der Waals surface area (Å²) < 4.78 is 15.4. The second-order valence-corrected chi connectivity index (χ2v) is 23.9. The predicted octanol–water partition coefficient (Wildman–Crippen LogP) is 6.08. The molecule has 6 N–H and O–H groups in total. The van der Waals surface area contributed by atoms with Crippen LogP contribution in [0.5, 0.6) is 0 Å². The molecule has 0 aromatic heterocycles. The van der Waals surface area contributed by atoms with Crippen LogP contribution in [-0.2, 0) is 54.6 Å². The number of rotatable bonds is 18. The molecule has 7 amide bonds. The third kappa shape index (κ3) is 14.1. The molecule has 0 radical (unpaired) electrons. The zero-order valence-electron chi connectivity index (χ0n) is 47.9. The minimum absolute atomic E-state index is 0.0186. The van der Waals surface area contributed by atoms with Crippen molar-refractivity contribution in [1.82, 2.24) is 46.6 Å². The normalized spacial score (nSPS) is 20.1. The fourth-order valence-electron chi connectivity index (χ4n) is 11.0. The summed E-state index contributed by atoms with van der Waals surface area (Å²) in [4.78, 5) is 105. The van der Waals surface area contributed by atoms with E-state index < -0.39 is 82.7 Å². The van der Waals surface area contributed by atoms with Crippen molar-refractivity contribution in [2.24, 2.45) is 10.8 Å². The zero-order valence-corrected chi connectivity index (χ0v) is 47.9. The minimum atomic E-state index is -1.08. The number of halogens is 1. The third-order valence-corrected chi connectivity index (χ3v) is 16.0. The summed E-state index contributed by atoms with van der Waals surface area (Å²) in [5.41, 5.74) is 3.70. The van der Waals surface area contributed by atoms with Crippen LogP contribution in [0.1, 0.15) is 137 Å². The van der Waals surface area contributed by atoms with Crippen molar-refractivity contribution in [3.05, 3.63) is 142 Å². The summed E-state index contributed by atoms with van der Waals surface area (Å²) >= 11 is 0. The van der Waals surface area contributed by atoms with E-state index in [2.05, 4.69) is 38.0 Å². The van der Waals surface area contributed by atoms with E-state index in [1.165, 1.54) is 16.5 Å². The monoisotopic (exact) mass is 1080 g/mol. The third-order valence-electron chi connectivity index (χ3n) is 16.0. The number of carbonyl (C=O) groups is 7. The second-order valence-electron chi connectivity index (χ2n) is 23.9. The Labute approximate surface area is 465 Å². The summed E-state index contributed by atoms with van der Waals surface area (Å²) in [7, 11) is 3.32. The van der Waals surface area contributed by atoms with Gasteiger partial charge in [-0.15, -0.1) is 0 Å². The fourth-order valence-corrected chi connectivity index (χ4v) is 11.0. The van der Waals surface area contributed by atoms with Gasteiger partial charge in [0.1, 0.15) is 30.0 Å². The van der Waals surface area contributed by atoms with Gasteiger partial charge in [0.05, 0.1) is 18.1 Å². The summed E-state index contributed by atoms with van der Waals surface area (Å²) in [5.74, 6) is -3.11. The summed E-state index contributed by atoms with van der Waals surface area (Å²) in [5, 5.41) is 18.1. The molecule has 17 heteroatoms. The van der Waals surface area contributed by atoms with E-state index in [1.807, 2.05) is 90.9 Å². The van der Waals surface area contributed by atoms with Gasteiger partial charge in [0.2, 0.25) is 29.5 Å². The number of hydrogen-bond acceptors (Lipinski definition) is 9. The van der Waals surface area contributed by atoms with E-state index in [0.29, 0.717) is 28.7 Å². The SMILES string of the molecule is CN[C@@H](C)C(=O)N[C@H](C(=O)N1CCc2ccccc2[C@H]1C(=O)N(Cc1ccc(C(=O)NC2C[C@@H](C(=O)NC3CCCc4ccccc43)N(C(=O)[C@@H](NC(=O)[C@H](C)NC)C(C)(C)C)C2)cc1)[C@H](C)Cc1ccccc1F)C(C)(C)C. The second kappa shape index (κ2) is 25.4. The van der Waals surface area contributed by atoms with Crippen LogP contribution in [0.15, 0.2) is 97.1 Å². The molecule has 4 aromatic rings. The van der Waals surface area contributed by atoms with E-state index >= 15 is 9.18 Å². The number of nitrogens with zero attached hydrogens (tertiary/aromatic N) is 3. The molecule has 79 heavy (non-hydrogen) atoms. The van der Waals surface area contributed by atoms with Gasteiger partial charge in [-0.25, -0.2) is 4.39 Å². The summed E-state index contributed by atoms with van der Waals surface area (Å²) in [6, 6.07) is 22.2. The molecule has 2 aliphatic heterocycles. The van der Waals surface area contributed by atoms with Crippen LogP contribution in [0.4, 0.5) is 4.39 Å². The average Bonchev–Trinajstić information content (AvgIpc) is 3.89. The van der Waals surface area contributed by atoms with E-state index in [0.717, 1.165) is 30.4 Å². The van der Waals surface area contributed by atoms with Crippen molar-refractivity contribution >= 4 is 41.4 Å². The van der Waals surface area contributed by atoms with Gasteiger partial charge >= 0.3 is 0 Å². The van der Waals surface area contributed by atoms with Crippen molar-refractivity contribution in [3.8, 4) is 0 Å². The molecule has 0 spiro atoms. The first-order valence-electron chi connectivity index (χ1n) is 27.9. The van der Waals surface area contributed by atoms with Crippen molar-refractivity contribution in [2.45, 2.75) is 162 Å². The van der Waals surface area contributed by atoms with Gasteiger partial charge in [-0.05, 0) is 136 Å². The van der Waals surface area contributed by atoms with Crippen LogP contribution >= 0.6 is 0 Å². The fraction of sp³-hybridized carbons (Fsp3) is 0.500. The number of fused-ring (bicyclic) bond motifs is 2. The van der Waals surface area contributed by atoms with Crippen LogP contribution < -0.4 is 31.9 Å². The quantitative estimate of drug-likeness (QED) is 0.0683. The van der Waals surface area contributed by atoms with Gasteiger partial charge in [0.15, 0.2) is 0 Å². The van der Waals surface area contributed by atoms with E-state index in [4.69, 9.17) is 0 Å². The zero-order chi connectivity index (χ0) is 57.5. The topological polar surface area (TPSA) is 201 Å². The maximum absolute atomic E-state index is 15.6. The Morgan fingerprint density at radius 3 is 1.80 bits per heavy atom. The Morgan fingerprint density at radius 1 is 0.671 bits per heavy atom.